The first kappa shape index (κ1) is 19.7. The number of carboxylic acids is 2. The van der Waals surface area contributed by atoms with Crippen molar-refractivity contribution < 1.29 is 24.6 Å². The van der Waals surface area contributed by atoms with Gasteiger partial charge in [-0.25, -0.2) is 9.59 Å². The molecular formula is C19H24N2O5. The molecule has 1 aromatic heterocycles. The van der Waals surface area contributed by atoms with Crippen LogP contribution in [0.1, 0.15) is 48.4 Å². The molecule has 3 N–H and O–H groups in total. The number of nitrogens with zero attached hydrogens (tertiary/aromatic N) is 1. The van der Waals surface area contributed by atoms with Gasteiger partial charge in [0.15, 0.2) is 5.78 Å². The largest absolute Gasteiger partial charge is 0.473 e. The highest BCUT2D eigenvalue weighted by Crippen LogP contribution is 2.38. The topological polar surface area (TPSA) is 109 Å². The third kappa shape index (κ3) is 3.35. The van der Waals surface area contributed by atoms with Crippen molar-refractivity contribution >= 4 is 28.6 Å². The molecule has 140 valence electrons. The lowest BCUT2D eigenvalue weighted by Crippen LogP contribution is -2.21. The molecule has 2 aliphatic rings. The fourth-order valence-electron chi connectivity index (χ4n) is 3.76. The van der Waals surface area contributed by atoms with E-state index in [0.29, 0.717) is 18.2 Å². The van der Waals surface area contributed by atoms with E-state index in [1.165, 1.54) is 22.2 Å². The molecule has 4 rings (SSSR count). The lowest BCUT2D eigenvalue weighted by molar-refractivity contribution is -0.159. The number of Topliss-reactive ketones (excluding diaryl/α,β-unsaturated/α-hetero) is 1. The van der Waals surface area contributed by atoms with Gasteiger partial charge in [0.2, 0.25) is 0 Å². The number of nitrogens with one attached hydrogen (secondary N) is 1. The van der Waals surface area contributed by atoms with E-state index in [2.05, 4.69) is 22.9 Å². The van der Waals surface area contributed by atoms with Gasteiger partial charge in [0, 0.05) is 42.1 Å². The van der Waals surface area contributed by atoms with Crippen LogP contribution in [0.4, 0.5) is 0 Å². The quantitative estimate of drug-likeness (QED) is 0.622. The Morgan fingerprint density at radius 3 is 2.46 bits per heavy atom. The fraction of sp³-hybridized carbons (Fsp3) is 0.421. The molecule has 1 unspecified atom stereocenters. The molecule has 1 aromatic carbocycles. The van der Waals surface area contributed by atoms with Crippen LogP contribution in [0.3, 0.4) is 0 Å². The van der Waals surface area contributed by atoms with Crippen LogP contribution < -0.4 is 5.32 Å². The lowest BCUT2D eigenvalue weighted by Gasteiger charge is -2.24. The first-order chi connectivity index (χ1) is 11.9. The Hall–Kier alpha value is -2.67. The first-order valence-electron chi connectivity index (χ1n) is 8.26. The van der Waals surface area contributed by atoms with Crippen LogP contribution in [0.5, 0.6) is 0 Å². The van der Waals surface area contributed by atoms with Crippen LogP contribution in [-0.2, 0) is 22.4 Å². The number of hydrogen-bond donors (Lipinski definition) is 3. The van der Waals surface area contributed by atoms with Crippen LogP contribution in [-0.4, -0.2) is 45.6 Å². The summed E-state index contributed by atoms with van der Waals surface area (Å²) in [7, 11) is 0. The zero-order valence-electron chi connectivity index (χ0n) is 13.9. The van der Waals surface area contributed by atoms with Crippen molar-refractivity contribution in [3.63, 3.8) is 0 Å². The van der Waals surface area contributed by atoms with Gasteiger partial charge in [-0.1, -0.05) is 19.6 Å². The van der Waals surface area contributed by atoms with Gasteiger partial charge in [0.1, 0.15) is 0 Å². The van der Waals surface area contributed by atoms with Crippen LogP contribution in [0.15, 0.2) is 18.2 Å². The number of benzene rings is 1. The second kappa shape index (κ2) is 7.70. The van der Waals surface area contributed by atoms with E-state index in [4.69, 9.17) is 19.8 Å². The molecule has 0 saturated carbocycles. The molecule has 0 spiro atoms. The molecule has 0 saturated heterocycles. The Morgan fingerprint density at radius 1 is 1.15 bits per heavy atom. The van der Waals surface area contributed by atoms with Crippen LogP contribution in [0.25, 0.3) is 10.9 Å². The summed E-state index contributed by atoms with van der Waals surface area (Å²) in [5.41, 5.74) is 5.03. The van der Waals surface area contributed by atoms with Gasteiger partial charge >= 0.3 is 11.9 Å². The molecule has 0 aliphatic carbocycles. The van der Waals surface area contributed by atoms with Gasteiger partial charge in [-0.2, -0.15) is 0 Å². The zero-order valence-corrected chi connectivity index (χ0v) is 13.9. The number of carbonyl (C=O) groups excluding carboxylic acids is 1. The predicted molar refractivity (Wildman–Crippen MR) is 97.9 cm³/mol. The van der Waals surface area contributed by atoms with Crippen molar-refractivity contribution in [3.05, 3.63) is 35.0 Å². The summed E-state index contributed by atoms with van der Waals surface area (Å²) in [6, 6.07) is 6.51. The molecule has 0 bridgehead atoms. The summed E-state index contributed by atoms with van der Waals surface area (Å²) >= 11 is 0. The van der Waals surface area contributed by atoms with Gasteiger partial charge in [-0.3, -0.25) is 4.79 Å². The van der Waals surface area contributed by atoms with Gasteiger partial charge < -0.3 is 20.1 Å². The molecule has 0 amide bonds. The Morgan fingerprint density at radius 2 is 1.81 bits per heavy atom. The molecule has 7 heteroatoms. The van der Waals surface area contributed by atoms with Gasteiger partial charge in [-0.05, 0) is 31.5 Å². The molecular weight excluding hydrogens is 336 g/mol. The Labute approximate surface area is 151 Å². The number of fused-ring (bicyclic) bond motifs is 3. The summed E-state index contributed by atoms with van der Waals surface area (Å²) in [5.74, 6) is -3.35. The zero-order chi connectivity index (χ0) is 18.1. The second-order valence-electron chi connectivity index (χ2n) is 6.33. The van der Waals surface area contributed by atoms with E-state index in [1.807, 2.05) is 12.1 Å². The van der Waals surface area contributed by atoms with E-state index in [0.717, 1.165) is 31.5 Å². The van der Waals surface area contributed by atoms with E-state index < -0.39 is 11.9 Å². The van der Waals surface area contributed by atoms with E-state index in [1.54, 1.807) is 0 Å². The number of carbonyl (C=O) groups is 3. The van der Waals surface area contributed by atoms with Crippen molar-refractivity contribution in [2.45, 2.75) is 39.7 Å². The summed E-state index contributed by atoms with van der Waals surface area (Å²) in [4.78, 5) is 30.4. The number of ketones is 1. The van der Waals surface area contributed by atoms with Crippen molar-refractivity contribution in [2.24, 2.45) is 0 Å². The Balaban J connectivity index is 0.000000305. The molecule has 1 atom stereocenters. The molecule has 7 nitrogen and oxygen atoms in total. The third-order valence-corrected chi connectivity index (χ3v) is 4.74. The van der Waals surface area contributed by atoms with Crippen LogP contribution in [0, 0.1) is 0 Å². The SMILES string of the molecule is C.CC1CC(=O)c2cccc3c4c(n1c23)CCNCC4.O=C(O)C(=O)O. The molecule has 26 heavy (non-hydrogen) atoms. The minimum atomic E-state index is -1.82. The third-order valence-electron chi connectivity index (χ3n) is 4.74. The summed E-state index contributed by atoms with van der Waals surface area (Å²) < 4.78 is 2.44. The van der Waals surface area contributed by atoms with Crippen molar-refractivity contribution in [1.82, 2.24) is 9.88 Å². The van der Waals surface area contributed by atoms with Crippen molar-refractivity contribution in [3.8, 4) is 0 Å². The molecule has 0 fully saturated rings. The average molecular weight is 360 g/mol. The maximum absolute atomic E-state index is 12.2. The fourth-order valence-corrected chi connectivity index (χ4v) is 3.76. The molecule has 2 aromatic rings. The normalized spacial score (nSPS) is 18.0. The maximum Gasteiger partial charge on any atom is 0.414 e. The van der Waals surface area contributed by atoms with Crippen molar-refractivity contribution in [2.75, 3.05) is 13.1 Å². The van der Waals surface area contributed by atoms with Crippen LogP contribution >= 0.6 is 0 Å². The number of rotatable bonds is 0. The number of para-hydroxylation sites is 1. The molecule has 0 radical (unpaired) electrons. The Bertz CT molecular complexity index is 856. The monoisotopic (exact) mass is 360 g/mol. The molecule has 3 heterocycles. The van der Waals surface area contributed by atoms with Crippen LogP contribution in [0.2, 0.25) is 0 Å². The number of aromatic nitrogens is 1. The highest BCUT2D eigenvalue weighted by molar-refractivity contribution is 6.27. The Kier molecular flexibility index (Phi) is 5.82. The van der Waals surface area contributed by atoms with E-state index in [-0.39, 0.29) is 7.43 Å². The van der Waals surface area contributed by atoms with Crippen molar-refractivity contribution in [1.29, 1.82) is 0 Å². The maximum atomic E-state index is 12.2. The highest BCUT2D eigenvalue weighted by atomic mass is 16.4. The number of carboxylic acid groups (broad SMARTS) is 2. The van der Waals surface area contributed by atoms with E-state index in [9.17, 15) is 4.79 Å². The predicted octanol–water partition coefficient (Wildman–Crippen LogP) is 2.27. The highest BCUT2D eigenvalue weighted by Gasteiger charge is 2.29. The second-order valence-corrected chi connectivity index (χ2v) is 6.33. The van der Waals surface area contributed by atoms with Gasteiger partial charge in [0.05, 0.1) is 5.52 Å². The van der Waals surface area contributed by atoms with Gasteiger partial charge in [0.25, 0.3) is 0 Å². The number of aliphatic carboxylic acids is 2. The minimum Gasteiger partial charge on any atom is -0.473 e. The molecule has 2 aliphatic heterocycles. The van der Waals surface area contributed by atoms with Gasteiger partial charge in [-0.15, -0.1) is 0 Å². The standard InChI is InChI=1S/C16H18N2O.C2H2O4.CH4/c1-10-9-15(19)13-4-2-3-12-11-5-7-17-8-6-14(11)18(10)16(12)13;3-1(4)2(5)6;/h2-4,10,17H,5-9H2,1H3;(H,3,4)(H,5,6);1H4. The smallest absolute Gasteiger partial charge is 0.414 e. The summed E-state index contributed by atoms with van der Waals surface area (Å²) in [6.07, 6.45) is 2.78. The lowest BCUT2D eigenvalue weighted by atomic mass is 9.97. The summed E-state index contributed by atoms with van der Waals surface area (Å²) in [6.45, 7) is 4.25. The van der Waals surface area contributed by atoms with E-state index >= 15 is 0 Å². The average Bonchev–Trinajstić information content (AvgIpc) is 2.71. The number of hydrogen-bond acceptors (Lipinski definition) is 4. The minimum absolute atomic E-state index is 0. The first-order valence-corrected chi connectivity index (χ1v) is 8.26. The summed E-state index contributed by atoms with van der Waals surface area (Å²) in [5, 5.41) is 19.6.